The Bertz CT molecular complexity index is 800. The van der Waals surface area contributed by atoms with Gasteiger partial charge < -0.3 is 9.47 Å². The van der Waals surface area contributed by atoms with Gasteiger partial charge in [-0.25, -0.2) is 0 Å². The molecule has 1 saturated carbocycles. The third kappa shape index (κ3) is 6.35. The Hall–Kier alpha value is -2.81. The fourth-order valence-corrected chi connectivity index (χ4v) is 3.50. The molecule has 0 bridgehead atoms. The minimum absolute atomic E-state index is 0.171. The highest BCUT2D eigenvalue weighted by Gasteiger charge is 2.18. The van der Waals surface area contributed by atoms with E-state index in [2.05, 4.69) is 13.8 Å². The molecule has 0 aliphatic heterocycles. The molecule has 30 heavy (non-hydrogen) atoms. The van der Waals surface area contributed by atoms with Crippen LogP contribution in [0.4, 0.5) is 0 Å². The molecule has 0 amide bonds. The maximum atomic E-state index is 13.2. The molecule has 2 aromatic carbocycles. The monoisotopic (exact) mass is 404 g/mol. The van der Waals surface area contributed by atoms with Gasteiger partial charge in [-0.15, -0.1) is 0 Å². The van der Waals surface area contributed by atoms with Gasteiger partial charge in [0.15, 0.2) is 5.78 Å². The summed E-state index contributed by atoms with van der Waals surface area (Å²) in [6, 6.07) is 16.0. The summed E-state index contributed by atoms with van der Waals surface area (Å²) in [6.07, 6.45) is 9.78. The minimum atomic E-state index is 0.171. The van der Waals surface area contributed by atoms with Gasteiger partial charge in [0, 0.05) is 11.1 Å². The number of carbonyl (C=O) groups is 1. The molecule has 158 valence electrons. The molecule has 3 rings (SSSR count). The van der Waals surface area contributed by atoms with Crippen molar-refractivity contribution in [3.8, 4) is 11.5 Å². The van der Waals surface area contributed by atoms with Crippen molar-refractivity contribution < 1.29 is 14.3 Å². The molecule has 2 aromatic rings. The second-order valence-electron chi connectivity index (χ2n) is 7.71. The van der Waals surface area contributed by atoms with Crippen molar-refractivity contribution in [1.82, 2.24) is 0 Å². The van der Waals surface area contributed by atoms with Gasteiger partial charge in [-0.2, -0.15) is 0 Å². The van der Waals surface area contributed by atoms with Crippen molar-refractivity contribution in [1.29, 1.82) is 0 Å². The summed E-state index contributed by atoms with van der Waals surface area (Å²) in [5, 5.41) is 0. The Morgan fingerprint density at radius 2 is 1.10 bits per heavy atom. The van der Waals surface area contributed by atoms with Crippen molar-refractivity contribution in [3.63, 3.8) is 0 Å². The van der Waals surface area contributed by atoms with Crippen LogP contribution in [0.1, 0.15) is 63.5 Å². The average Bonchev–Trinajstić information content (AvgIpc) is 2.94. The van der Waals surface area contributed by atoms with E-state index in [1.165, 1.54) is 0 Å². The average molecular weight is 405 g/mol. The maximum absolute atomic E-state index is 13.2. The number of ether oxygens (including phenoxy) is 2. The summed E-state index contributed by atoms with van der Waals surface area (Å²) in [5.74, 6) is 1.92. The van der Waals surface area contributed by atoms with E-state index in [1.807, 2.05) is 60.7 Å². The van der Waals surface area contributed by atoms with Gasteiger partial charge in [-0.3, -0.25) is 4.79 Å². The maximum Gasteiger partial charge on any atom is 0.185 e. The first-order chi connectivity index (χ1) is 14.7. The zero-order chi connectivity index (χ0) is 21.2. The number of hydrogen-bond acceptors (Lipinski definition) is 3. The largest absolute Gasteiger partial charge is 0.494 e. The number of Topliss-reactive ketones (excluding diaryl/α,β-unsaturated/α-hetero) is 1. The number of benzene rings is 2. The van der Waals surface area contributed by atoms with Crippen LogP contribution in [0.5, 0.6) is 11.5 Å². The van der Waals surface area contributed by atoms with Gasteiger partial charge in [-0.1, -0.05) is 38.1 Å². The quantitative estimate of drug-likeness (QED) is 0.355. The molecule has 1 aliphatic rings. The molecule has 1 fully saturated rings. The summed E-state index contributed by atoms with van der Waals surface area (Å²) >= 11 is 0. The molecule has 3 nitrogen and oxygen atoms in total. The van der Waals surface area contributed by atoms with Crippen LogP contribution in [0, 0.1) is 0 Å². The predicted octanol–water partition coefficient (Wildman–Crippen LogP) is 6.87. The van der Waals surface area contributed by atoms with Gasteiger partial charge in [0.05, 0.1) is 13.2 Å². The van der Waals surface area contributed by atoms with Crippen molar-refractivity contribution >= 4 is 17.9 Å². The second kappa shape index (κ2) is 11.4. The Morgan fingerprint density at radius 3 is 1.47 bits per heavy atom. The Labute approximate surface area is 180 Å². The fourth-order valence-electron chi connectivity index (χ4n) is 3.50. The predicted molar refractivity (Wildman–Crippen MR) is 124 cm³/mol. The van der Waals surface area contributed by atoms with Gasteiger partial charge in [0.25, 0.3) is 0 Å². The topological polar surface area (TPSA) is 35.5 Å². The summed E-state index contributed by atoms with van der Waals surface area (Å²) < 4.78 is 11.3. The van der Waals surface area contributed by atoms with E-state index in [0.29, 0.717) is 0 Å². The van der Waals surface area contributed by atoms with Crippen molar-refractivity contribution in [3.05, 3.63) is 70.8 Å². The zero-order valence-corrected chi connectivity index (χ0v) is 18.2. The lowest BCUT2D eigenvalue weighted by molar-refractivity contribution is -0.112. The van der Waals surface area contributed by atoms with Gasteiger partial charge in [0.2, 0.25) is 0 Å². The molecule has 0 spiro atoms. The van der Waals surface area contributed by atoms with E-state index in [0.717, 1.165) is 85.5 Å². The molecule has 0 saturated heterocycles. The van der Waals surface area contributed by atoms with Crippen LogP contribution >= 0.6 is 0 Å². The number of rotatable bonds is 8. The molecule has 3 heteroatoms. The van der Waals surface area contributed by atoms with Crippen LogP contribution in [0.3, 0.4) is 0 Å². The molecule has 0 heterocycles. The van der Waals surface area contributed by atoms with Crippen LogP contribution in [-0.2, 0) is 4.79 Å². The van der Waals surface area contributed by atoms with Gasteiger partial charge in [-0.05, 0) is 86.1 Å². The molecule has 0 unspecified atom stereocenters. The Kier molecular flexibility index (Phi) is 8.31. The SMILES string of the molecule is CCCOc1ccc(C=C2CCCCC(=Cc3ccc(OCCC)cc3)C2=O)cc1. The first kappa shape index (κ1) is 21.9. The van der Waals surface area contributed by atoms with E-state index in [9.17, 15) is 4.79 Å². The van der Waals surface area contributed by atoms with Crippen LogP contribution < -0.4 is 9.47 Å². The minimum Gasteiger partial charge on any atom is -0.494 e. The van der Waals surface area contributed by atoms with E-state index >= 15 is 0 Å². The molecule has 0 aromatic heterocycles. The lowest BCUT2D eigenvalue weighted by Gasteiger charge is -2.08. The number of allylic oxidation sites excluding steroid dienone is 2. The van der Waals surface area contributed by atoms with E-state index in [-0.39, 0.29) is 5.78 Å². The zero-order valence-electron chi connectivity index (χ0n) is 18.2. The molecular weight excluding hydrogens is 372 g/mol. The lowest BCUT2D eigenvalue weighted by Crippen LogP contribution is -2.04. The van der Waals surface area contributed by atoms with Crippen LogP contribution in [0.2, 0.25) is 0 Å². The van der Waals surface area contributed by atoms with Crippen molar-refractivity contribution in [2.45, 2.75) is 52.4 Å². The molecule has 0 radical (unpaired) electrons. The number of carbonyl (C=O) groups excluding carboxylic acids is 1. The highest BCUT2D eigenvalue weighted by Crippen LogP contribution is 2.28. The third-order valence-electron chi connectivity index (χ3n) is 5.11. The lowest BCUT2D eigenvalue weighted by atomic mass is 9.98. The number of hydrogen-bond donors (Lipinski definition) is 0. The molecule has 1 aliphatic carbocycles. The third-order valence-corrected chi connectivity index (χ3v) is 5.11. The number of ketones is 1. The highest BCUT2D eigenvalue weighted by atomic mass is 16.5. The van der Waals surface area contributed by atoms with Crippen LogP contribution in [0.15, 0.2) is 59.7 Å². The van der Waals surface area contributed by atoms with Crippen molar-refractivity contribution in [2.75, 3.05) is 13.2 Å². The van der Waals surface area contributed by atoms with Crippen molar-refractivity contribution in [2.24, 2.45) is 0 Å². The standard InChI is InChI=1S/C27H32O3/c1-3-17-29-25-13-9-21(10-14-25)19-23-7-5-6-8-24(27(23)28)20-22-11-15-26(16-12-22)30-18-4-2/h9-16,19-20H,3-8,17-18H2,1-2H3. The summed E-state index contributed by atoms with van der Waals surface area (Å²) in [4.78, 5) is 13.2. The summed E-state index contributed by atoms with van der Waals surface area (Å²) in [5.41, 5.74) is 3.87. The normalized spacial score (nSPS) is 17.2. The highest BCUT2D eigenvalue weighted by molar-refractivity contribution is 6.13. The molecule has 0 N–H and O–H groups in total. The summed E-state index contributed by atoms with van der Waals surface area (Å²) in [6.45, 7) is 5.63. The van der Waals surface area contributed by atoms with E-state index in [1.54, 1.807) is 0 Å². The Morgan fingerprint density at radius 1 is 0.700 bits per heavy atom. The molecular formula is C27H32O3. The first-order valence-electron chi connectivity index (χ1n) is 11.1. The van der Waals surface area contributed by atoms with Crippen LogP contribution in [0.25, 0.3) is 12.2 Å². The molecule has 0 atom stereocenters. The van der Waals surface area contributed by atoms with E-state index < -0.39 is 0 Å². The smallest absolute Gasteiger partial charge is 0.185 e. The van der Waals surface area contributed by atoms with E-state index in [4.69, 9.17) is 9.47 Å². The van der Waals surface area contributed by atoms with Gasteiger partial charge >= 0.3 is 0 Å². The first-order valence-corrected chi connectivity index (χ1v) is 11.1. The van der Waals surface area contributed by atoms with Gasteiger partial charge in [0.1, 0.15) is 11.5 Å². The Balaban J connectivity index is 1.75. The summed E-state index contributed by atoms with van der Waals surface area (Å²) in [7, 11) is 0. The van der Waals surface area contributed by atoms with Crippen LogP contribution in [-0.4, -0.2) is 19.0 Å². The second-order valence-corrected chi connectivity index (χ2v) is 7.71. The fraction of sp³-hybridized carbons (Fsp3) is 0.370.